The minimum Gasteiger partial charge on any atom is -0.494 e. The molecule has 0 aliphatic heterocycles. The number of pyridine rings is 1. The van der Waals surface area contributed by atoms with Gasteiger partial charge in [0.05, 0.1) is 36.2 Å². The van der Waals surface area contributed by atoms with Crippen molar-refractivity contribution in [2.45, 2.75) is 77.5 Å². The third-order valence-corrected chi connectivity index (χ3v) is 8.62. The van der Waals surface area contributed by atoms with Gasteiger partial charge in [-0.3, -0.25) is 4.79 Å². The molecule has 1 amide bonds. The van der Waals surface area contributed by atoms with E-state index in [0.29, 0.717) is 10.4 Å². The van der Waals surface area contributed by atoms with Crippen molar-refractivity contribution >= 4 is 34.3 Å². The van der Waals surface area contributed by atoms with Crippen molar-refractivity contribution < 1.29 is 28.2 Å². The van der Waals surface area contributed by atoms with E-state index in [1.54, 1.807) is 18.9 Å². The quantitative estimate of drug-likeness (QED) is 0.309. The molecule has 10 heteroatoms. The molecule has 0 saturated heterocycles. The average molecular weight is 571 g/mol. The van der Waals surface area contributed by atoms with Gasteiger partial charge in [0.2, 0.25) is 5.43 Å². The monoisotopic (exact) mass is 570 g/mol. The Kier molecular flexibility index (Phi) is 7.41. The van der Waals surface area contributed by atoms with Crippen molar-refractivity contribution in [3.05, 3.63) is 50.4 Å². The second-order valence-corrected chi connectivity index (χ2v) is 12.5. The zero-order chi connectivity index (χ0) is 28.9. The van der Waals surface area contributed by atoms with Gasteiger partial charge in [-0.1, -0.05) is 0 Å². The van der Waals surface area contributed by atoms with Gasteiger partial charge in [-0.25, -0.2) is 14.0 Å². The van der Waals surface area contributed by atoms with E-state index in [9.17, 15) is 14.4 Å². The number of aryl methyl sites for hydroxylation is 1. The molecule has 214 valence electrons. The number of halogens is 1. The predicted molar refractivity (Wildman–Crippen MR) is 152 cm³/mol. The summed E-state index contributed by atoms with van der Waals surface area (Å²) in [7, 11) is 3.20. The summed E-state index contributed by atoms with van der Waals surface area (Å²) in [5.41, 5.74) is 0.480. The molecule has 1 fully saturated rings. The van der Waals surface area contributed by atoms with Gasteiger partial charge in [-0.15, -0.1) is 11.3 Å². The molecule has 0 bridgehead atoms. The summed E-state index contributed by atoms with van der Waals surface area (Å²) in [5, 5.41) is 0.0828. The SMILES string of the molecule is CCOC(=O)c1cn(C2CC2)c2c(OC)c(-c3cc4c(s3)C(N(C)C(=O)OC(C)(C)C)CCC4)c(F)cc2c1=O. The van der Waals surface area contributed by atoms with E-state index >= 15 is 4.39 Å². The maximum Gasteiger partial charge on any atom is 0.410 e. The lowest BCUT2D eigenvalue weighted by molar-refractivity contribution is 0.0208. The Morgan fingerprint density at radius 2 is 1.93 bits per heavy atom. The van der Waals surface area contributed by atoms with E-state index in [4.69, 9.17) is 14.2 Å². The minimum absolute atomic E-state index is 0.0758. The molecule has 1 aromatic carbocycles. The summed E-state index contributed by atoms with van der Waals surface area (Å²) in [6.07, 6.45) is 5.35. The Labute approximate surface area is 236 Å². The zero-order valence-electron chi connectivity index (χ0n) is 23.8. The van der Waals surface area contributed by atoms with Crippen LogP contribution in [0.1, 0.15) is 86.3 Å². The molecular weight excluding hydrogens is 535 g/mol. The summed E-state index contributed by atoms with van der Waals surface area (Å²) in [5.74, 6) is -1.08. The lowest BCUT2D eigenvalue weighted by atomic mass is 9.93. The molecule has 2 aliphatic rings. The van der Waals surface area contributed by atoms with Gasteiger partial charge in [-0.2, -0.15) is 0 Å². The molecule has 1 atom stereocenters. The van der Waals surface area contributed by atoms with Crippen LogP contribution in [0.3, 0.4) is 0 Å². The largest absolute Gasteiger partial charge is 0.494 e. The molecule has 2 aliphatic carbocycles. The van der Waals surface area contributed by atoms with Gasteiger partial charge in [0.1, 0.15) is 17.0 Å². The van der Waals surface area contributed by atoms with Gasteiger partial charge in [0, 0.05) is 29.0 Å². The van der Waals surface area contributed by atoms with Crippen molar-refractivity contribution in [2.75, 3.05) is 20.8 Å². The highest BCUT2D eigenvalue weighted by atomic mass is 32.1. The molecule has 3 aromatic rings. The van der Waals surface area contributed by atoms with Gasteiger partial charge in [0.15, 0.2) is 5.75 Å². The maximum absolute atomic E-state index is 16.0. The number of methoxy groups -OCH3 is 1. The molecule has 2 heterocycles. The number of thiophene rings is 1. The van der Waals surface area contributed by atoms with Crippen molar-refractivity contribution in [2.24, 2.45) is 0 Å². The number of nitrogens with zero attached hydrogens (tertiary/aromatic N) is 2. The van der Waals surface area contributed by atoms with E-state index in [0.717, 1.165) is 42.5 Å². The van der Waals surface area contributed by atoms with Gasteiger partial charge in [-0.05, 0) is 77.5 Å². The van der Waals surface area contributed by atoms with Crippen LogP contribution < -0.4 is 10.2 Å². The number of hydrogen-bond acceptors (Lipinski definition) is 7. The summed E-state index contributed by atoms with van der Waals surface area (Å²) in [4.78, 5) is 42.1. The van der Waals surface area contributed by atoms with Crippen LogP contribution in [0.2, 0.25) is 0 Å². The molecule has 0 N–H and O–H groups in total. The van der Waals surface area contributed by atoms with E-state index in [-0.39, 0.29) is 41.0 Å². The lowest BCUT2D eigenvalue weighted by Crippen LogP contribution is -2.37. The molecule has 0 spiro atoms. The highest BCUT2D eigenvalue weighted by Gasteiger charge is 2.34. The number of benzene rings is 1. The molecule has 5 rings (SSSR count). The third-order valence-electron chi connectivity index (χ3n) is 7.33. The summed E-state index contributed by atoms with van der Waals surface area (Å²) in [6, 6.07) is 3.06. The number of hydrogen-bond donors (Lipinski definition) is 0. The molecular formula is C30H35FN2O6S. The standard InChI is InChI=1S/C30H35FN2O6S/c1-7-38-28(35)19-15-33(17-11-12-17)24-18(25(19)34)14-20(31)23(26(24)37-6)22-13-16-9-8-10-21(27(16)40-22)32(5)29(36)39-30(2,3)4/h13-15,17,21H,7-12H2,1-6H3. The lowest BCUT2D eigenvalue weighted by Gasteiger charge is -2.32. The number of ether oxygens (including phenoxy) is 3. The topological polar surface area (TPSA) is 87.1 Å². The highest BCUT2D eigenvalue weighted by molar-refractivity contribution is 7.15. The maximum atomic E-state index is 16.0. The Morgan fingerprint density at radius 1 is 1.20 bits per heavy atom. The number of aromatic nitrogens is 1. The number of carbonyl (C=O) groups excluding carboxylic acids is 2. The Hall–Kier alpha value is -3.40. The number of fused-ring (bicyclic) bond motifs is 2. The van der Waals surface area contributed by atoms with Crippen molar-refractivity contribution in [1.82, 2.24) is 9.47 Å². The number of carbonyl (C=O) groups is 2. The van der Waals surface area contributed by atoms with Crippen LogP contribution in [-0.4, -0.2) is 47.9 Å². The first-order chi connectivity index (χ1) is 18.9. The Morgan fingerprint density at radius 3 is 2.55 bits per heavy atom. The summed E-state index contributed by atoms with van der Waals surface area (Å²) < 4.78 is 34.4. The molecule has 40 heavy (non-hydrogen) atoms. The highest BCUT2D eigenvalue weighted by Crippen LogP contribution is 2.48. The number of amides is 1. The molecule has 8 nitrogen and oxygen atoms in total. The van der Waals surface area contributed by atoms with E-state index in [2.05, 4.69) is 0 Å². The van der Waals surface area contributed by atoms with Gasteiger partial charge >= 0.3 is 12.1 Å². The van der Waals surface area contributed by atoms with Crippen LogP contribution >= 0.6 is 11.3 Å². The van der Waals surface area contributed by atoms with Crippen molar-refractivity contribution in [1.29, 1.82) is 0 Å². The molecule has 0 radical (unpaired) electrons. The Balaban J connectivity index is 1.65. The van der Waals surface area contributed by atoms with Gasteiger partial charge < -0.3 is 23.7 Å². The zero-order valence-corrected chi connectivity index (χ0v) is 24.6. The third kappa shape index (κ3) is 5.09. The summed E-state index contributed by atoms with van der Waals surface area (Å²) in [6.45, 7) is 7.30. The Bertz CT molecular complexity index is 1550. The molecule has 2 aromatic heterocycles. The first-order valence-corrected chi connectivity index (χ1v) is 14.5. The second kappa shape index (κ2) is 10.5. The van der Waals surface area contributed by atoms with Crippen LogP contribution in [0.4, 0.5) is 9.18 Å². The fourth-order valence-corrected chi connectivity index (χ4v) is 6.80. The fraction of sp³-hybridized carbons (Fsp3) is 0.500. The number of esters is 1. The van der Waals surface area contributed by atoms with E-state index < -0.39 is 28.9 Å². The molecule has 1 saturated carbocycles. The molecule has 1 unspecified atom stereocenters. The first-order valence-electron chi connectivity index (χ1n) is 13.7. The normalized spacial score (nSPS) is 16.9. The second-order valence-electron chi connectivity index (χ2n) is 11.4. The fourth-order valence-electron chi connectivity index (χ4n) is 5.37. The van der Waals surface area contributed by atoms with Crippen LogP contribution in [0.15, 0.2) is 23.1 Å². The first kappa shape index (κ1) is 28.1. The van der Waals surface area contributed by atoms with Crippen LogP contribution in [0.25, 0.3) is 21.3 Å². The van der Waals surface area contributed by atoms with Crippen molar-refractivity contribution in [3.63, 3.8) is 0 Å². The van der Waals surface area contributed by atoms with Crippen molar-refractivity contribution in [3.8, 4) is 16.2 Å². The van der Waals surface area contributed by atoms with E-state index in [1.165, 1.54) is 30.7 Å². The van der Waals surface area contributed by atoms with Crippen LogP contribution in [-0.2, 0) is 15.9 Å². The predicted octanol–water partition coefficient (Wildman–Crippen LogP) is 6.63. The van der Waals surface area contributed by atoms with E-state index in [1.807, 2.05) is 31.4 Å². The summed E-state index contributed by atoms with van der Waals surface area (Å²) >= 11 is 1.43. The van der Waals surface area contributed by atoms with Gasteiger partial charge in [0.25, 0.3) is 0 Å². The van der Waals surface area contributed by atoms with Crippen LogP contribution in [0.5, 0.6) is 5.75 Å². The number of rotatable bonds is 6. The van der Waals surface area contributed by atoms with Crippen LogP contribution in [0, 0.1) is 5.82 Å². The average Bonchev–Trinajstić information content (AvgIpc) is 3.64. The smallest absolute Gasteiger partial charge is 0.410 e. The minimum atomic E-state index is -0.724.